The van der Waals surface area contributed by atoms with Gasteiger partial charge in [0.25, 0.3) is 0 Å². The lowest BCUT2D eigenvalue weighted by atomic mass is 10.1. The van der Waals surface area contributed by atoms with E-state index >= 15 is 0 Å². The van der Waals surface area contributed by atoms with Gasteiger partial charge >= 0.3 is 0 Å². The van der Waals surface area contributed by atoms with Crippen molar-refractivity contribution < 1.29 is 13.2 Å². The van der Waals surface area contributed by atoms with Gasteiger partial charge in [-0.1, -0.05) is 19.1 Å². The van der Waals surface area contributed by atoms with Crippen LogP contribution < -0.4 is 10.0 Å². The topological polar surface area (TPSA) is 67.4 Å². The van der Waals surface area contributed by atoms with E-state index in [2.05, 4.69) is 10.0 Å². The van der Waals surface area contributed by atoms with Gasteiger partial charge < -0.3 is 10.1 Å². The molecule has 1 aromatic rings. The van der Waals surface area contributed by atoms with Crippen LogP contribution in [0.15, 0.2) is 29.2 Å². The minimum Gasteiger partial charge on any atom is -0.377 e. The molecule has 1 unspecified atom stereocenters. The van der Waals surface area contributed by atoms with Gasteiger partial charge in [0, 0.05) is 19.7 Å². The van der Waals surface area contributed by atoms with Crippen LogP contribution in [0.4, 0.5) is 0 Å². The zero-order chi connectivity index (χ0) is 15.1. The Morgan fingerprint density at radius 2 is 2.00 bits per heavy atom. The molecule has 0 radical (unpaired) electrons. The maximum atomic E-state index is 12.2. The Morgan fingerprint density at radius 3 is 2.62 bits per heavy atom. The van der Waals surface area contributed by atoms with Crippen molar-refractivity contribution in [3.63, 3.8) is 0 Å². The second-order valence-electron chi connectivity index (χ2n) is 5.26. The molecule has 0 spiro atoms. The minimum atomic E-state index is -3.45. The number of ether oxygens (including phenoxy) is 1. The van der Waals surface area contributed by atoms with Crippen LogP contribution in [0.5, 0.6) is 0 Å². The first-order valence-corrected chi connectivity index (χ1v) is 9.01. The Hall–Kier alpha value is -0.950. The van der Waals surface area contributed by atoms with E-state index in [1.807, 2.05) is 19.1 Å². The standard InChI is InChI=1S/C15H24N2O3S/c1-2-16-11-13-6-8-15(9-7-13)21(18,19)17-12-14-5-3-4-10-20-14/h6-9,14,16-17H,2-5,10-12H2,1H3. The molecule has 21 heavy (non-hydrogen) atoms. The molecular formula is C15H24N2O3S. The van der Waals surface area contributed by atoms with Gasteiger partial charge in [-0.3, -0.25) is 0 Å². The van der Waals surface area contributed by atoms with Crippen LogP contribution in [0.3, 0.4) is 0 Å². The van der Waals surface area contributed by atoms with Crippen molar-refractivity contribution in [1.82, 2.24) is 10.0 Å². The molecule has 5 nitrogen and oxygen atoms in total. The number of hydrogen-bond acceptors (Lipinski definition) is 4. The number of rotatable bonds is 7. The van der Waals surface area contributed by atoms with E-state index < -0.39 is 10.0 Å². The van der Waals surface area contributed by atoms with Gasteiger partial charge in [0.05, 0.1) is 11.0 Å². The molecule has 0 bridgehead atoms. The molecule has 0 amide bonds. The molecule has 1 saturated heterocycles. The Balaban J connectivity index is 1.91. The van der Waals surface area contributed by atoms with Crippen molar-refractivity contribution in [3.8, 4) is 0 Å². The summed E-state index contributed by atoms with van der Waals surface area (Å²) in [5.41, 5.74) is 1.08. The number of sulfonamides is 1. The van der Waals surface area contributed by atoms with Crippen LogP contribution in [-0.4, -0.2) is 34.2 Å². The summed E-state index contributed by atoms with van der Waals surface area (Å²) < 4.78 is 32.6. The highest BCUT2D eigenvalue weighted by molar-refractivity contribution is 7.89. The van der Waals surface area contributed by atoms with Crippen LogP contribution in [0, 0.1) is 0 Å². The van der Waals surface area contributed by atoms with Crippen LogP contribution >= 0.6 is 0 Å². The van der Waals surface area contributed by atoms with E-state index in [1.54, 1.807) is 12.1 Å². The predicted octanol–water partition coefficient (Wildman–Crippen LogP) is 1.64. The van der Waals surface area contributed by atoms with E-state index in [4.69, 9.17) is 4.74 Å². The fourth-order valence-electron chi connectivity index (χ4n) is 2.31. The van der Waals surface area contributed by atoms with E-state index in [1.165, 1.54) is 0 Å². The molecule has 2 N–H and O–H groups in total. The lowest BCUT2D eigenvalue weighted by molar-refractivity contribution is 0.0200. The molecule has 118 valence electrons. The van der Waals surface area contributed by atoms with Gasteiger partial charge in [-0.25, -0.2) is 13.1 Å². The first-order valence-electron chi connectivity index (χ1n) is 7.53. The molecular weight excluding hydrogens is 288 g/mol. The Kier molecular flexibility index (Phi) is 6.17. The zero-order valence-electron chi connectivity index (χ0n) is 12.5. The van der Waals surface area contributed by atoms with Crippen molar-refractivity contribution >= 4 is 10.0 Å². The number of benzene rings is 1. The van der Waals surface area contributed by atoms with E-state index in [0.717, 1.165) is 44.5 Å². The second kappa shape index (κ2) is 7.89. The number of nitrogens with one attached hydrogen (secondary N) is 2. The Bertz CT molecular complexity index is 522. The van der Waals surface area contributed by atoms with Gasteiger partial charge in [-0.05, 0) is 43.5 Å². The summed E-state index contributed by atoms with van der Waals surface area (Å²) in [5.74, 6) is 0. The molecule has 1 aliphatic heterocycles. The lowest BCUT2D eigenvalue weighted by Gasteiger charge is -2.22. The van der Waals surface area contributed by atoms with Crippen LogP contribution in [0.1, 0.15) is 31.7 Å². The fourth-order valence-corrected chi connectivity index (χ4v) is 3.38. The lowest BCUT2D eigenvalue weighted by Crippen LogP contribution is -2.35. The largest absolute Gasteiger partial charge is 0.377 e. The summed E-state index contributed by atoms with van der Waals surface area (Å²) in [5, 5.41) is 3.21. The highest BCUT2D eigenvalue weighted by Crippen LogP contribution is 2.14. The second-order valence-corrected chi connectivity index (χ2v) is 7.03. The van der Waals surface area contributed by atoms with Crippen molar-refractivity contribution in [3.05, 3.63) is 29.8 Å². The average Bonchev–Trinajstić information content (AvgIpc) is 2.52. The molecule has 1 aliphatic rings. The average molecular weight is 312 g/mol. The first-order chi connectivity index (χ1) is 10.1. The molecule has 0 aromatic heterocycles. The van der Waals surface area contributed by atoms with Crippen LogP contribution in [0.25, 0.3) is 0 Å². The molecule has 2 rings (SSSR count). The molecule has 1 atom stereocenters. The van der Waals surface area contributed by atoms with Gasteiger partial charge in [0.1, 0.15) is 0 Å². The highest BCUT2D eigenvalue weighted by atomic mass is 32.2. The SMILES string of the molecule is CCNCc1ccc(S(=O)(=O)NCC2CCCCO2)cc1. The maximum absolute atomic E-state index is 12.2. The van der Waals surface area contributed by atoms with Gasteiger partial charge in [-0.2, -0.15) is 0 Å². The predicted molar refractivity (Wildman–Crippen MR) is 82.6 cm³/mol. The van der Waals surface area contributed by atoms with Gasteiger partial charge in [-0.15, -0.1) is 0 Å². The van der Waals surface area contributed by atoms with Crippen molar-refractivity contribution in [2.45, 2.75) is 43.7 Å². The van der Waals surface area contributed by atoms with Crippen LogP contribution in [-0.2, 0) is 21.3 Å². The summed E-state index contributed by atoms with van der Waals surface area (Å²) in [6.45, 7) is 4.76. The quantitative estimate of drug-likeness (QED) is 0.803. The summed E-state index contributed by atoms with van der Waals surface area (Å²) in [7, 11) is -3.45. The van der Waals surface area contributed by atoms with Gasteiger partial charge in [0.15, 0.2) is 0 Å². The maximum Gasteiger partial charge on any atom is 0.240 e. The van der Waals surface area contributed by atoms with Crippen molar-refractivity contribution in [1.29, 1.82) is 0 Å². The third kappa shape index (κ3) is 5.07. The summed E-state index contributed by atoms with van der Waals surface area (Å²) in [4.78, 5) is 0.304. The third-order valence-electron chi connectivity index (χ3n) is 3.59. The summed E-state index contributed by atoms with van der Waals surface area (Å²) >= 11 is 0. The molecule has 1 aromatic carbocycles. The summed E-state index contributed by atoms with van der Waals surface area (Å²) in [6, 6.07) is 6.98. The minimum absolute atomic E-state index is 0.00144. The smallest absolute Gasteiger partial charge is 0.240 e. The molecule has 1 heterocycles. The highest BCUT2D eigenvalue weighted by Gasteiger charge is 2.19. The Morgan fingerprint density at radius 1 is 1.24 bits per heavy atom. The molecule has 1 fully saturated rings. The normalized spacial score (nSPS) is 19.6. The van der Waals surface area contributed by atoms with Crippen molar-refractivity contribution in [2.75, 3.05) is 19.7 Å². The number of hydrogen-bond donors (Lipinski definition) is 2. The van der Waals surface area contributed by atoms with Gasteiger partial charge in [0.2, 0.25) is 10.0 Å². The molecule has 6 heteroatoms. The molecule has 0 aliphatic carbocycles. The van der Waals surface area contributed by atoms with E-state index in [9.17, 15) is 8.42 Å². The summed E-state index contributed by atoms with van der Waals surface area (Å²) in [6.07, 6.45) is 3.09. The fraction of sp³-hybridized carbons (Fsp3) is 0.600. The zero-order valence-corrected chi connectivity index (χ0v) is 13.3. The van der Waals surface area contributed by atoms with Crippen LogP contribution in [0.2, 0.25) is 0 Å². The third-order valence-corrected chi connectivity index (χ3v) is 5.03. The van der Waals surface area contributed by atoms with E-state index in [0.29, 0.717) is 11.4 Å². The van der Waals surface area contributed by atoms with Crippen molar-refractivity contribution in [2.24, 2.45) is 0 Å². The first kappa shape index (κ1) is 16.4. The molecule has 0 saturated carbocycles. The monoisotopic (exact) mass is 312 g/mol. The Labute approximate surface area is 127 Å². The van der Waals surface area contributed by atoms with E-state index in [-0.39, 0.29) is 6.10 Å².